The Hall–Kier alpha value is -0.580. The topological polar surface area (TPSA) is 41.5 Å². The number of nitrogens with one attached hydrogen (secondary N) is 1. The van der Waals surface area contributed by atoms with E-state index in [1.165, 1.54) is 0 Å². The van der Waals surface area contributed by atoms with Crippen LogP contribution in [0.5, 0.6) is 5.75 Å². The van der Waals surface area contributed by atoms with Crippen molar-refractivity contribution < 1.29 is 9.84 Å². The van der Waals surface area contributed by atoms with E-state index in [2.05, 4.69) is 34.2 Å². The third kappa shape index (κ3) is 3.94. The number of hydrogen-bond acceptors (Lipinski definition) is 3. The van der Waals surface area contributed by atoms with Crippen LogP contribution in [0.2, 0.25) is 0 Å². The molecule has 3 nitrogen and oxygen atoms in total. The van der Waals surface area contributed by atoms with Crippen molar-refractivity contribution in [2.75, 3.05) is 6.54 Å². The minimum absolute atomic E-state index is 0.0661. The number of para-hydroxylation sites is 1. The molecule has 2 unspecified atom stereocenters. The highest BCUT2D eigenvalue weighted by Gasteiger charge is 2.28. The zero-order chi connectivity index (χ0) is 13.7. The van der Waals surface area contributed by atoms with Crippen LogP contribution in [0.25, 0.3) is 0 Å². The first-order valence-electron chi connectivity index (χ1n) is 7.05. The van der Waals surface area contributed by atoms with E-state index >= 15 is 0 Å². The van der Waals surface area contributed by atoms with Gasteiger partial charge in [-0.1, -0.05) is 19.1 Å². The van der Waals surface area contributed by atoms with Gasteiger partial charge in [-0.25, -0.2) is 0 Å². The lowest BCUT2D eigenvalue weighted by atomic mass is 10.2. The van der Waals surface area contributed by atoms with Crippen LogP contribution in [-0.2, 0) is 6.54 Å². The first kappa shape index (κ1) is 14.8. The Morgan fingerprint density at radius 1 is 1.42 bits per heavy atom. The Morgan fingerprint density at radius 2 is 2.26 bits per heavy atom. The zero-order valence-electron chi connectivity index (χ0n) is 11.4. The molecule has 1 fully saturated rings. The Balaban J connectivity index is 2.08. The fourth-order valence-electron chi connectivity index (χ4n) is 2.42. The smallest absolute Gasteiger partial charge is 0.138 e. The lowest BCUT2D eigenvalue weighted by molar-refractivity contribution is 0.0592. The van der Waals surface area contributed by atoms with Gasteiger partial charge < -0.3 is 15.2 Å². The van der Waals surface area contributed by atoms with Crippen molar-refractivity contribution in [3.63, 3.8) is 0 Å². The summed E-state index contributed by atoms with van der Waals surface area (Å²) >= 11 is 3.55. The first-order valence-corrected chi connectivity index (χ1v) is 7.84. The molecule has 0 radical (unpaired) electrons. The summed E-state index contributed by atoms with van der Waals surface area (Å²) < 4.78 is 7.00. The maximum Gasteiger partial charge on any atom is 0.138 e. The predicted octanol–water partition coefficient (Wildman–Crippen LogP) is 3.24. The summed E-state index contributed by atoms with van der Waals surface area (Å²) in [5.41, 5.74) is 1.14. The van der Waals surface area contributed by atoms with Crippen molar-refractivity contribution in [2.45, 2.75) is 51.4 Å². The van der Waals surface area contributed by atoms with Gasteiger partial charge in [0, 0.05) is 12.1 Å². The van der Waals surface area contributed by atoms with Gasteiger partial charge in [-0.2, -0.15) is 0 Å². The molecule has 0 aromatic heterocycles. The third-order valence-corrected chi connectivity index (χ3v) is 4.10. The Kier molecular flexibility index (Phi) is 5.67. The summed E-state index contributed by atoms with van der Waals surface area (Å²) in [6, 6.07) is 6.08. The Bertz CT molecular complexity index is 411. The van der Waals surface area contributed by atoms with Crippen LogP contribution in [0.1, 0.15) is 38.2 Å². The first-order chi connectivity index (χ1) is 9.22. The molecule has 0 spiro atoms. The van der Waals surface area contributed by atoms with E-state index < -0.39 is 0 Å². The molecular weight excluding hydrogens is 306 g/mol. The van der Waals surface area contributed by atoms with Crippen molar-refractivity contribution in [3.05, 3.63) is 28.2 Å². The van der Waals surface area contributed by atoms with Gasteiger partial charge in [-0.3, -0.25) is 0 Å². The number of halogens is 1. The fraction of sp³-hybridized carbons (Fsp3) is 0.600. The van der Waals surface area contributed by atoms with Gasteiger partial charge in [0.2, 0.25) is 0 Å². The second-order valence-corrected chi connectivity index (χ2v) is 5.91. The van der Waals surface area contributed by atoms with E-state index in [-0.39, 0.29) is 12.2 Å². The van der Waals surface area contributed by atoms with Gasteiger partial charge in [-0.15, -0.1) is 0 Å². The van der Waals surface area contributed by atoms with Gasteiger partial charge in [0.25, 0.3) is 0 Å². The zero-order valence-corrected chi connectivity index (χ0v) is 12.9. The molecule has 106 valence electrons. The molecule has 0 heterocycles. The lowest BCUT2D eigenvalue weighted by Gasteiger charge is -2.21. The highest BCUT2D eigenvalue weighted by molar-refractivity contribution is 9.10. The molecule has 0 aliphatic heterocycles. The van der Waals surface area contributed by atoms with Crippen LogP contribution >= 0.6 is 15.9 Å². The summed E-state index contributed by atoms with van der Waals surface area (Å²) in [5.74, 6) is 0.872. The van der Waals surface area contributed by atoms with Gasteiger partial charge in [0.15, 0.2) is 0 Å². The van der Waals surface area contributed by atoms with Gasteiger partial charge in [0.05, 0.1) is 10.6 Å². The van der Waals surface area contributed by atoms with E-state index in [0.717, 1.165) is 54.6 Å². The predicted molar refractivity (Wildman–Crippen MR) is 80.4 cm³/mol. The van der Waals surface area contributed by atoms with E-state index in [0.29, 0.717) is 0 Å². The molecule has 1 aromatic carbocycles. The highest BCUT2D eigenvalue weighted by Crippen LogP contribution is 2.33. The molecule has 2 rings (SSSR count). The van der Waals surface area contributed by atoms with Crippen molar-refractivity contribution in [1.82, 2.24) is 5.32 Å². The molecule has 2 N–H and O–H groups in total. The van der Waals surface area contributed by atoms with Gasteiger partial charge >= 0.3 is 0 Å². The summed E-state index contributed by atoms with van der Waals surface area (Å²) in [4.78, 5) is 0. The van der Waals surface area contributed by atoms with Gasteiger partial charge in [-0.05, 0) is 54.2 Å². The molecule has 2 atom stereocenters. The fourth-order valence-corrected chi connectivity index (χ4v) is 2.92. The van der Waals surface area contributed by atoms with Crippen LogP contribution in [-0.4, -0.2) is 23.9 Å². The molecule has 1 aromatic rings. The second kappa shape index (κ2) is 7.27. The Morgan fingerprint density at radius 3 is 2.95 bits per heavy atom. The average molecular weight is 328 g/mol. The monoisotopic (exact) mass is 327 g/mol. The molecular formula is C15H22BrNO2. The molecule has 1 saturated carbocycles. The maximum absolute atomic E-state index is 9.89. The minimum atomic E-state index is -0.330. The van der Waals surface area contributed by atoms with Crippen LogP contribution in [0.4, 0.5) is 0 Å². The molecule has 1 aliphatic carbocycles. The summed E-state index contributed by atoms with van der Waals surface area (Å²) in [6.45, 7) is 3.95. The SMILES string of the molecule is CCCNCc1cccc(Br)c1OC1CCCC1O. The van der Waals surface area contributed by atoms with Crippen molar-refractivity contribution in [2.24, 2.45) is 0 Å². The van der Waals surface area contributed by atoms with Gasteiger partial charge in [0.1, 0.15) is 11.9 Å². The molecule has 0 amide bonds. The second-order valence-electron chi connectivity index (χ2n) is 5.06. The number of hydrogen-bond donors (Lipinski definition) is 2. The van der Waals surface area contributed by atoms with Crippen LogP contribution in [0.15, 0.2) is 22.7 Å². The largest absolute Gasteiger partial charge is 0.486 e. The quantitative estimate of drug-likeness (QED) is 0.788. The highest BCUT2D eigenvalue weighted by atomic mass is 79.9. The van der Waals surface area contributed by atoms with Crippen molar-refractivity contribution in [1.29, 1.82) is 0 Å². The Labute approximate surface area is 123 Å². The molecule has 1 aliphatic rings. The molecule has 0 saturated heterocycles. The number of rotatable bonds is 6. The number of aliphatic hydroxyl groups is 1. The number of ether oxygens (including phenoxy) is 1. The van der Waals surface area contributed by atoms with E-state index in [9.17, 15) is 5.11 Å². The summed E-state index contributed by atoms with van der Waals surface area (Å²) in [7, 11) is 0. The van der Waals surface area contributed by atoms with Crippen LogP contribution in [0, 0.1) is 0 Å². The van der Waals surface area contributed by atoms with Crippen LogP contribution in [0.3, 0.4) is 0 Å². The van der Waals surface area contributed by atoms with E-state index in [4.69, 9.17) is 4.74 Å². The lowest BCUT2D eigenvalue weighted by Crippen LogP contribution is -2.26. The normalized spacial score (nSPS) is 22.7. The number of aliphatic hydroxyl groups excluding tert-OH is 1. The van der Waals surface area contributed by atoms with E-state index in [1.54, 1.807) is 0 Å². The molecule has 0 bridgehead atoms. The van der Waals surface area contributed by atoms with Crippen molar-refractivity contribution in [3.8, 4) is 5.75 Å². The maximum atomic E-state index is 9.89. The standard InChI is InChI=1S/C15H22BrNO2/c1-2-9-17-10-11-5-3-6-12(16)15(11)19-14-8-4-7-13(14)18/h3,5-6,13-14,17-18H,2,4,7-10H2,1H3. The van der Waals surface area contributed by atoms with Crippen LogP contribution < -0.4 is 10.1 Å². The summed E-state index contributed by atoms with van der Waals surface area (Å²) in [6.07, 6.45) is 3.54. The third-order valence-electron chi connectivity index (χ3n) is 3.48. The van der Waals surface area contributed by atoms with E-state index in [1.807, 2.05) is 12.1 Å². The minimum Gasteiger partial charge on any atom is -0.486 e. The average Bonchev–Trinajstić information content (AvgIpc) is 2.79. The number of benzene rings is 1. The molecule has 4 heteroatoms. The molecule has 19 heavy (non-hydrogen) atoms. The summed E-state index contributed by atoms with van der Waals surface area (Å²) in [5, 5.41) is 13.3. The van der Waals surface area contributed by atoms with Crippen molar-refractivity contribution >= 4 is 15.9 Å².